The van der Waals surface area contributed by atoms with E-state index in [9.17, 15) is 9.46 Å². The summed E-state index contributed by atoms with van der Waals surface area (Å²) in [4.78, 5) is 9.99. The maximum atomic E-state index is 12.2. The average Bonchev–Trinajstić information content (AvgIpc) is 2.38. The molecule has 0 aromatic heterocycles. The van der Waals surface area contributed by atoms with Crippen LogP contribution < -0.4 is 9.83 Å². The van der Waals surface area contributed by atoms with Crippen molar-refractivity contribution in [1.29, 1.82) is 0 Å². The molecule has 19 heavy (non-hydrogen) atoms. The van der Waals surface area contributed by atoms with Crippen LogP contribution in [0.5, 0.6) is 5.75 Å². The Bertz CT molecular complexity index is 692. The predicted molar refractivity (Wildman–Crippen MR) is 76.1 cm³/mol. The smallest absolute Gasteiger partial charge is 0.408 e. The number of benzene rings is 2. The Morgan fingerprint density at radius 2 is 1.84 bits per heavy atom. The summed E-state index contributed by atoms with van der Waals surface area (Å²) in [6, 6.07) is 12.9. The zero-order chi connectivity index (χ0) is 13.6. The van der Waals surface area contributed by atoms with E-state index in [0.29, 0.717) is 17.0 Å². The SMILES string of the molecule is CC(C)c1ccc2c(c1)-c1ccccc1P(=O)(O)O2. The van der Waals surface area contributed by atoms with Crippen molar-refractivity contribution in [2.45, 2.75) is 19.8 Å². The monoisotopic (exact) mass is 274 g/mol. The van der Waals surface area contributed by atoms with Crippen molar-refractivity contribution in [2.75, 3.05) is 0 Å². The second-order valence-electron chi connectivity index (χ2n) is 5.04. The van der Waals surface area contributed by atoms with E-state index >= 15 is 0 Å². The lowest BCUT2D eigenvalue weighted by atomic mass is 9.96. The molecule has 0 bridgehead atoms. The highest BCUT2D eigenvalue weighted by Crippen LogP contribution is 2.51. The summed E-state index contributed by atoms with van der Waals surface area (Å²) in [6.07, 6.45) is 0. The number of hydrogen-bond donors (Lipinski definition) is 1. The first-order valence-electron chi connectivity index (χ1n) is 6.25. The summed E-state index contributed by atoms with van der Waals surface area (Å²) < 4.78 is 17.5. The van der Waals surface area contributed by atoms with Gasteiger partial charge < -0.3 is 9.42 Å². The van der Waals surface area contributed by atoms with Gasteiger partial charge in [-0.3, -0.25) is 0 Å². The van der Waals surface area contributed by atoms with E-state index < -0.39 is 7.60 Å². The molecule has 2 aromatic carbocycles. The van der Waals surface area contributed by atoms with E-state index in [1.807, 2.05) is 24.3 Å². The van der Waals surface area contributed by atoms with Crippen molar-refractivity contribution in [3.8, 4) is 16.9 Å². The van der Waals surface area contributed by atoms with Crippen LogP contribution >= 0.6 is 7.60 Å². The standard InChI is InChI=1S/C15H15O3P/c1-10(2)11-7-8-14-13(9-11)12-5-3-4-6-15(12)19(16,17)18-14/h3-10H,1-2H3,(H,16,17). The highest BCUT2D eigenvalue weighted by atomic mass is 31.2. The molecule has 4 heteroatoms. The van der Waals surface area contributed by atoms with Crippen LogP contribution in [-0.4, -0.2) is 4.89 Å². The summed E-state index contributed by atoms with van der Waals surface area (Å²) in [5.41, 5.74) is 2.87. The van der Waals surface area contributed by atoms with Gasteiger partial charge in [0.05, 0.1) is 5.30 Å². The molecular formula is C15H15O3P. The normalized spacial score (nSPS) is 20.6. The Morgan fingerprint density at radius 1 is 1.11 bits per heavy atom. The number of fused-ring (bicyclic) bond motifs is 3. The van der Waals surface area contributed by atoms with Crippen LogP contribution in [0.15, 0.2) is 42.5 Å². The first kappa shape index (κ1) is 12.5. The van der Waals surface area contributed by atoms with Gasteiger partial charge in [-0.25, -0.2) is 4.57 Å². The van der Waals surface area contributed by atoms with Gasteiger partial charge in [0.25, 0.3) is 0 Å². The minimum Gasteiger partial charge on any atom is -0.421 e. The molecule has 0 amide bonds. The van der Waals surface area contributed by atoms with Gasteiger partial charge in [0.2, 0.25) is 0 Å². The largest absolute Gasteiger partial charge is 0.421 e. The van der Waals surface area contributed by atoms with Gasteiger partial charge in [-0.05, 0) is 29.7 Å². The molecule has 0 fully saturated rings. The Balaban J connectivity index is 2.28. The molecule has 2 aromatic rings. The molecule has 0 spiro atoms. The third kappa shape index (κ3) is 1.99. The number of rotatable bonds is 1. The van der Waals surface area contributed by atoms with Crippen LogP contribution in [-0.2, 0) is 4.57 Å². The fraction of sp³-hybridized carbons (Fsp3) is 0.200. The lowest BCUT2D eigenvalue weighted by Gasteiger charge is -2.25. The molecule has 3 rings (SSSR count). The maximum absolute atomic E-state index is 12.2. The third-order valence-corrected chi connectivity index (χ3v) is 4.83. The first-order chi connectivity index (χ1) is 8.99. The van der Waals surface area contributed by atoms with E-state index in [1.165, 1.54) is 5.56 Å². The quantitative estimate of drug-likeness (QED) is 0.807. The van der Waals surface area contributed by atoms with Crippen molar-refractivity contribution in [3.05, 3.63) is 48.0 Å². The molecule has 0 saturated heterocycles. The lowest BCUT2D eigenvalue weighted by molar-refractivity contribution is 0.392. The van der Waals surface area contributed by atoms with E-state index in [4.69, 9.17) is 4.52 Å². The van der Waals surface area contributed by atoms with Crippen LogP contribution in [0.1, 0.15) is 25.3 Å². The minimum absolute atomic E-state index is 0.378. The van der Waals surface area contributed by atoms with E-state index in [-0.39, 0.29) is 0 Å². The molecule has 98 valence electrons. The fourth-order valence-corrected chi connectivity index (χ4v) is 3.63. The zero-order valence-electron chi connectivity index (χ0n) is 10.8. The third-order valence-electron chi connectivity index (χ3n) is 3.39. The summed E-state index contributed by atoms with van der Waals surface area (Å²) in [7, 11) is -3.75. The Morgan fingerprint density at radius 3 is 2.58 bits per heavy atom. The molecule has 1 N–H and O–H groups in total. The van der Waals surface area contributed by atoms with Gasteiger partial charge in [0.15, 0.2) is 0 Å². The molecule has 0 aliphatic carbocycles. The van der Waals surface area contributed by atoms with Crippen molar-refractivity contribution in [1.82, 2.24) is 0 Å². The van der Waals surface area contributed by atoms with E-state index in [0.717, 1.165) is 11.1 Å². The Labute approximate surface area is 112 Å². The van der Waals surface area contributed by atoms with Crippen molar-refractivity contribution >= 4 is 12.9 Å². The van der Waals surface area contributed by atoms with E-state index in [2.05, 4.69) is 13.8 Å². The van der Waals surface area contributed by atoms with Gasteiger partial charge in [-0.1, -0.05) is 38.1 Å². The molecule has 0 saturated carbocycles. The van der Waals surface area contributed by atoms with Crippen molar-refractivity contribution in [3.63, 3.8) is 0 Å². The molecule has 0 radical (unpaired) electrons. The minimum atomic E-state index is -3.75. The molecule has 1 unspecified atom stereocenters. The van der Waals surface area contributed by atoms with Crippen molar-refractivity contribution in [2.24, 2.45) is 0 Å². The average molecular weight is 274 g/mol. The van der Waals surface area contributed by atoms with Crippen LogP contribution in [0.3, 0.4) is 0 Å². The molecular weight excluding hydrogens is 259 g/mol. The highest BCUT2D eigenvalue weighted by Gasteiger charge is 2.34. The molecule has 1 heterocycles. The van der Waals surface area contributed by atoms with Gasteiger partial charge >= 0.3 is 7.60 Å². The van der Waals surface area contributed by atoms with E-state index in [1.54, 1.807) is 18.2 Å². The Kier molecular flexibility index (Phi) is 2.77. The second-order valence-corrected chi connectivity index (χ2v) is 6.74. The van der Waals surface area contributed by atoms with Crippen LogP contribution in [0.2, 0.25) is 0 Å². The zero-order valence-corrected chi connectivity index (χ0v) is 11.7. The maximum Gasteiger partial charge on any atom is 0.408 e. The predicted octanol–water partition coefficient (Wildman–Crippen LogP) is 3.68. The molecule has 1 atom stereocenters. The molecule has 3 nitrogen and oxygen atoms in total. The van der Waals surface area contributed by atoms with Crippen molar-refractivity contribution < 1.29 is 14.0 Å². The number of hydrogen-bond acceptors (Lipinski definition) is 2. The molecule has 1 aliphatic heterocycles. The fourth-order valence-electron chi connectivity index (χ4n) is 2.33. The second kappa shape index (κ2) is 4.22. The van der Waals surface area contributed by atoms with Crippen LogP contribution in [0.4, 0.5) is 0 Å². The van der Waals surface area contributed by atoms with Gasteiger partial charge in [-0.15, -0.1) is 0 Å². The first-order valence-corrected chi connectivity index (χ1v) is 7.83. The topological polar surface area (TPSA) is 46.5 Å². The van der Waals surface area contributed by atoms with Gasteiger partial charge in [-0.2, -0.15) is 0 Å². The molecule has 1 aliphatic rings. The summed E-state index contributed by atoms with van der Waals surface area (Å²) in [5, 5.41) is 0.378. The summed E-state index contributed by atoms with van der Waals surface area (Å²) in [6.45, 7) is 4.24. The Hall–Kier alpha value is -1.57. The summed E-state index contributed by atoms with van der Waals surface area (Å²) in [5.74, 6) is 0.884. The summed E-state index contributed by atoms with van der Waals surface area (Å²) >= 11 is 0. The van der Waals surface area contributed by atoms with Crippen LogP contribution in [0.25, 0.3) is 11.1 Å². The highest BCUT2D eigenvalue weighted by molar-refractivity contribution is 7.62. The van der Waals surface area contributed by atoms with Gasteiger partial charge in [0.1, 0.15) is 5.75 Å². The lowest BCUT2D eigenvalue weighted by Crippen LogP contribution is -2.17. The van der Waals surface area contributed by atoms with Gasteiger partial charge in [0, 0.05) is 11.1 Å². The van der Waals surface area contributed by atoms with Crippen LogP contribution in [0, 0.1) is 0 Å².